The van der Waals surface area contributed by atoms with Gasteiger partial charge in [-0.15, -0.1) is 0 Å². The zero-order valence-corrected chi connectivity index (χ0v) is 10.6. The van der Waals surface area contributed by atoms with Crippen molar-refractivity contribution < 1.29 is 9.84 Å². The Balaban J connectivity index is 0.00000180. The van der Waals surface area contributed by atoms with Crippen molar-refractivity contribution in [1.29, 1.82) is 0 Å². The molecule has 1 aromatic heterocycles. The van der Waals surface area contributed by atoms with Crippen molar-refractivity contribution in [3.8, 4) is 22.9 Å². The van der Waals surface area contributed by atoms with Crippen LogP contribution in [0.15, 0.2) is 18.2 Å². The molecule has 0 saturated carbocycles. The number of rotatable bonds is 3. The molecule has 0 spiro atoms. The van der Waals surface area contributed by atoms with Crippen LogP contribution in [0.2, 0.25) is 0 Å². The van der Waals surface area contributed by atoms with E-state index in [-0.39, 0.29) is 13.2 Å². The largest absolute Gasteiger partial charge is 0.507 e. The lowest BCUT2D eigenvalue weighted by Gasteiger charge is -2.07. The topological polar surface area (TPSA) is 68.1 Å². The predicted octanol–water partition coefficient (Wildman–Crippen LogP) is 2.90. The van der Waals surface area contributed by atoms with Gasteiger partial charge in [-0.2, -0.15) is 0 Å². The van der Waals surface area contributed by atoms with E-state index in [2.05, 4.69) is 15.0 Å². The Morgan fingerprint density at radius 1 is 1.11 bits per heavy atom. The van der Waals surface area contributed by atoms with Gasteiger partial charge in [0.2, 0.25) is 0 Å². The molecule has 0 saturated heterocycles. The number of ether oxygens (including phenoxy) is 1. The van der Waals surface area contributed by atoms with Crippen LogP contribution in [0.4, 0.5) is 0 Å². The maximum Gasteiger partial charge on any atom is 0.167 e. The summed E-state index contributed by atoms with van der Waals surface area (Å²) in [5, 5.41) is 9.97. The molecule has 1 aromatic carbocycles. The van der Waals surface area contributed by atoms with E-state index in [9.17, 15) is 5.11 Å². The van der Waals surface area contributed by atoms with Gasteiger partial charge in [0.05, 0.1) is 12.2 Å². The molecule has 1 heterocycles. The van der Waals surface area contributed by atoms with E-state index in [1.54, 1.807) is 32.0 Å². The molecular formula is C14H19N3O2. The van der Waals surface area contributed by atoms with Gasteiger partial charge in [0.25, 0.3) is 0 Å². The Kier molecular flexibility index (Phi) is 4.80. The normalized spacial score (nSPS) is 9.84. The highest BCUT2D eigenvalue weighted by molar-refractivity contribution is 5.65. The fourth-order valence-electron chi connectivity index (χ4n) is 1.69. The van der Waals surface area contributed by atoms with Crippen molar-refractivity contribution in [3.63, 3.8) is 0 Å². The number of benzene rings is 1. The highest BCUT2D eigenvalue weighted by atomic mass is 16.5. The van der Waals surface area contributed by atoms with E-state index < -0.39 is 0 Å². The quantitative estimate of drug-likeness (QED) is 0.920. The van der Waals surface area contributed by atoms with Gasteiger partial charge in [-0.05, 0) is 32.9 Å². The average molecular weight is 261 g/mol. The van der Waals surface area contributed by atoms with Gasteiger partial charge in [-0.25, -0.2) is 15.0 Å². The lowest BCUT2D eigenvalue weighted by molar-refractivity contribution is 0.338. The second-order valence-electron chi connectivity index (χ2n) is 3.87. The fraction of sp³-hybridized carbons (Fsp3) is 0.357. The minimum absolute atomic E-state index is 0. The van der Waals surface area contributed by atoms with Crippen LogP contribution in [0.5, 0.6) is 11.5 Å². The SMILES string of the molecule is C.CCOc1ccc(-c2nc(C)nc(C)n2)c(O)c1. The number of aromatic hydroxyl groups is 1. The molecule has 0 atom stereocenters. The van der Waals surface area contributed by atoms with Crippen LogP contribution in [-0.4, -0.2) is 26.7 Å². The number of phenols is 1. The van der Waals surface area contributed by atoms with Crippen LogP contribution < -0.4 is 4.74 Å². The summed E-state index contributed by atoms with van der Waals surface area (Å²) in [5.41, 5.74) is 0.576. The first-order chi connectivity index (χ1) is 8.60. The van der Waals surface area contributed by atoms with E-state index in [0.29, 0.717) is 35.4 Å². The van der Waals surface area contributed by atoms with Gasteiger partial charge in [-0.1, -0.05) is 7.43 Å². The molecule has 0 aliphatic carbocycles. The Morgan fingerprint density at radius 3 is 2.26 bits per heavy atom. The van der Waals surface area contributed by atoms with Crippen molar-refractivity contribution in [2.24, 2.45) is 0 Å². The second-order valence-corrected chi connectivity index (χ2v) is 3.87. The van der Waals surface area contributed by atoms with E-state index >= 15 is 0 Å². The summed E-state index contributed by atoms with van der Waals surface area (Å²) in [6.45, 7) is 6.04. The van der Waals surface area contributed by atoms with Crippen molar-refractivity contribution in [1.82, 2.24) is 15.0 Å². The third kappa shape index (κ3) is 3.40. The molecule has 0 aliphatic heterocycles. The Morgan fingerprint density at radius 2 is 1.74 bits per heavy atom. The van der Waals surface area contributed by atoms with Gasteiger partial charge in [0, 0.05) is 6.07 Å². The number of aromatic nitrogens is 3. The molecule has 0 fully saturated rings. The molecule has 5 nitrogen and oxygen atoms in total. The molecule has 2 rings (SSSR count). The molecule has 0 radical (unpaired) electrons. The van der Waals surface area contributed by atoms with Gasteiger partial charge >= 0.3 is 0 Å². The van der Waals surface area contributed by atoms with Crippen molar-refractivity contribution >= 4 is 0 Å². The highest BCUT2D eigenvalue weighted by Crippen LogP contribution is 2.30. The molecule has 5 heteroatoms. The predicted molar refractivity (Wildman–Crippen MR) is 74.3 cm³/mol. The molecule has 0 aliphatic rings. The molecule has 19 heavy (non-hydrogen) atoms. The maximum atomic E-state index is 9.97. The third-order valence-electron chi connectivity index (χ3n) is 2.38. The number of nitrogens with zero attached hydrogens (tertiary/aromatic N) is 3. The molecule has 1 N–H and O–H groups in total. The number of hydrogen-bond acceptors (Lipinski definition) is 5. The standard InChI is InChI=1S/C13H15N3O2.CH4/c1-4-18-10-5-6-11(12(17)7-10)13-15-8(2)14-9(3)16-13;/h5-7,17H,4H2,1-3H3;1H4. The summed E-state index contributed by atoms with van der Waals surface area (Å²) in [5.74, 6) is 2.46. The first kappa shape index (κ1) is 14.9. The summed E-state index contributed by atoms with van der Waals surface area (Å²) < 4.78 is 5.31. The first-order valence-electron chi connectivity index (χ1n) is 5.75. The first-order valence-corrected chi connectivity index (χ1v) is 5.75. The monoisotopic (exact) mass is 261 g/mol. The van der Waals surface area contributed by atoms with Gasteiger partial charge < -0.3 is 9.84 Å². The maximum absolute atomic E-state index is 9.97. The molecular weight excluding hydrogens is 242 g/mol. The highest BCUT2D eigenvalue weighted by Gasteiger charge is 2.10. The summed E-state index contributed by atoms with van der Waals surface area (Å²) in [4.78, 5) is 12.5. The summed E-state index contributed by atoms with van der Waals surface area (Å²) in [6.07, 6.45) is 0. The number of phenolic OH excluding ortho intramolecular Hbond substituents is 1. The minimum Gasteiger partial charge on any atom is -0.507 e. The molecule has 2 aromatic rings. The number of hydrogen-bond donors (Lipinski definition) is 1. The van der Waals surface area contributed by atoms with Crippen LogP contribution in [0.3, 0.4) is 0 Å². The Labute approximate surface area is 113 Å². The average Bonchev–Trinajstić information content (AvgIpc) is 2.28. The van der Waals surface area contributed by atoms with Gasteiger partial charge in [-0.3, -0.25) is 0 Å². The smallest absolute Gasteiger partial charge is 0.167 e. The summed E-state index contributed by atoms with van der Waals surface area (Å²) in [6, 6.07) is 5.09. The van der Waals surface area contributed by atoms with Crippen molar-refractivity contribution in [2.45, 2.75) is 28.2 Å². The van der Waals surface area contributed by atoms with Crippen LogP contribution in [0.1, 0.15) is 26.0 Å². The fourth-order valence-corrected chi connectivity index (χ4v) is 1.69. The molecule has 102 valence electrons. The Hall–Kier alpha value is -2.17. The summed E-state index contributed by atoms with van der Waals surface area (Å²) >= 11 is 0. The van der Waals surface area contributed by atoms with Crippen LogP contribution in [0, 0.1) is 13.8 Å². The molecule has 0 bridgehead atoms. The van der Waals surface area contributed by atoms with Crippen molar-refractivity contribution in [2.75, 3.05) is 6.61 Å². The van der Waals surface area contributed by atoms with Crippen LogP contribution >= 0.6 is 0 Å². The van der Waals surface area contributed by atoms with Gasteiger partial charge in [0.1, 0.15) is 23.1 Å². The van der Waals surface area contributed by atoms with E-state index in [4.69, 9.17) is 4.74 Å². The van der Waals surface area contributed by atoms with Crippen LogP contribution in [-0.2, 0) is 0 Å². The lowest BCUT2D eigenvalue weighted by atomic mass is 10.2. The lowest BCUT2D eigenvalue weighted by Crippen LogP contribution is -1.99. The Bertz CT molecular complexity index is 550. The van der Waals surface area contributed by atoms with Crippen LogP contribution in [0.25, 0.3) is 11.4 Å². The minimum atomic E-state index is 0. The zero-order valence-electron chi connectivity index (χ0n) is 10.6. The van der Waals surface area contributed by atoms with Crippen molar-refractivity contribution in [3.05, 3.63) is 29.8 Å². The number of aryl methyl sites for hydroxylation is 2. The van der Waals surface area contributed by atoms with E-state index in [0.717, 1.165) is 0 Å². The van der Waals surface area contributed by atoms with E-state index in [1.165, 1.54) is 0 Å². The molecule has 0 unspecified atom stereocenters. The van der Waals surface area contributed by atoms with Gasteiger partial charge in [0.15, 0.2) is 5.82 Å². The van der Waals surface area contributed by atoms with E-state index in [1.807, 2.05) is 6.92 Å². The summed E-state index contributed by atoms with van der Waals surface area (Å²) in [7, 11) is 0. The molecule has 0 amide bonds. The third-order valence-corrected chi connectivity index (χ3v) is 2.38. The second kappa shape index (κ2) is 6.13. The zero-order chi connectivity index (χ0) is 13.1.